The van der Waals surface area contributed by atoms with Crippen molar-refractivity contribution in [1.29, 1.82) is 5.26 Å². The lowest BCUT2D eigenvalue weighted by molar-refractivity contribution is -0.137. The van der Waals surface area contributed by atoms with Crippen molar-refractivity contribution >= 4 is 5.82 Å². The Bertz CT molecular complexity index is 803. The molecule has 8 heteroatoms. The van der Waals surface area contributed by atoms with E-state index in [0.717, 1.165) is 12.3 Å². The van der Waals surface area contributed by atoms with E-state index in [0.29, 0.717) is 49.7 Å². The van der Waals surface area contributed by atoms with Crippen LogP contribution in [0.3, 0.4) is 0 Å². The first-order chi connectivity index (χ1) is 12.4. The van der Waals surface area contributed by atoms with Crippen LogP contribution in [0.5, 0.6) is 0 Å². The number of hydrogen-bond donors (Lipinski definition) is 0. The highest BCUT2D eigenvalue weighted by molar-refractivity contribution is 5.40. The molecule has 1 aliphatic heterocycles. The predicted octanol–water partition coefficient (Wildman–Crippen LogP) is 3.43. The molecule has 0 radical (unpaired) electrons. The van der Waals surface area contributed by atoms with Crippen LogP contribution in [0.4, 0.5) is 23.4 Å². The van der Waals surface area contributed by atoms with E-state index < -0.39 is 11.7 Å². The number of nitriles is 1. The van der Waals surface area contributed by atoms with E-state index in [1.54, 1.807) is 6.07 Å². The van der Waals surface area contributed by atoms with E-state index in [1.165, 1.54) is 18.2 Å². The molecule has 1 aromatic carbocycles. The molecule has 26 heavy (non-hydrogen) atoms. The molecule has 4 nitrogen and oxygen atoms in total. The molecule has 2 heterocycles. The van der Waals surface area contributed by atoms with Crippen LogP contribution in [0.1, 0.15) is 16.7 Å². The van der Waals surface area contributed by atoms with Crippen molar-refractivity contribution in [2.45, 2.75) is 12.7 Å². The van der Waals surface area contributed by atoms with Gasteiger partial charge < -0.3 is 4.90 Å². The number of alkyl halides is 3. The number of pyridine rings is 1. The van der Waals surface area contributed by atoms with Crippen LogP contribution in [0.2, 0.25) is 0 Å². The second kappa shape index (κ2) is 7.30. The number of rotatable bonds is 3. The molecule has 0 aliphatic carbocycles. The maximum absolute atomic E-state index is 13.9. The van der Waals surface area contributed by atoms with E-state index in [2.05, 4.69) is 4.98 Å². The fraction of sp³-hybridized carbons (Fsp3) is 0.333. The Morgan fingerprint density at radius 1 is 1.08 bits per heavy atom. The zero-order valence-corrected chi connectivity index (χ0v) is 13.8. The van der Waals surface area contributed by atoms with Crippen LogP contribution in [-0.2, 0) is 12.7 Å². The molecule has 1 aliphatic rings. The summed E-state index contributed by atoms with van der Waals surface area (Å²) < 4.78 is 51.7. The Balaban J connectivity index is 1.60. The summed E-state index contributed by atoms with van der Waals surface area (Å²) in [5.41, 5.74) is 0.104. The minimum absolute atomic E-state index is 0.351. The lowest BCUT2D eigenvalue weighted by Crippen LogP contribution is -2.46. The molecule has 0 spiro atoms. The molecule has 1 fully saturated rings. The molecule has 0 unspecified atom stereocenters. The summed E-state index contributed by atoms with van der Waals surface area (Å²) in [6, 6.07) is 8.65. The normalized spacial score (nSPS) is 15.7. The fourth-order valence-corrected chi connectivity index (χ4v) is 2.88. The van der Waals surface area contributed by atoms with Gasteiger partial charge in [0.1, 0.15) is 11.6 Å². The van der Waals surface area contributed by atoms with E-state index in [4.69, 9.17) is 5.26 Å². The standard InChI is InChI=1S/C18H16F4N4/c19-16-3-1-13(10-23)9-14(16)12-25-5-7-26(8-6-25)17-4-2-15(11-24-17)18(20,21)22/h1-4,9,11H,5-8,12H2. The van der Waals surface area contributed by atoms with Gasteiger partial charge >= 0.3 is 6.18 Å². The highest BCUT2D eigenvalue weighted by Gasteiger charge is 2.31. The number of piperazine rings is 1. The predicted molar refractivity (Wildman–Crippen MR) is 87.8 cm³/mol. The molecule has 1 aromatic heterocycles. The second-order valence-corrected chi connectivity index (χ2v) is 6.08. The summed E-state index contributed by atoms with van der Waals surface area (Å²) >= 11 is 0. The SMILES string of the molecule is N#Cc1ccc(F)c(CN2CCN(c3ccc(C(F)(F)F)cn3)CC2)c1. The number of halogens is 4. The van der Waals surface area contributed by atoms with Crippen LogP contribution in [-0.4, -0.2) is 36.1 Å². The Kier molecular flexibility index (Phi) is 5.09. The van der Waals surface area contributed by atoms with Gasteiger partial charge in [0.2, 0.25) is 0 Å². The van der Waals surface area contributed by atoms with E-state index in [1.807, 2.05) is 15.9 Å². The summed E-state index contributed by atoms with van der Waals surface area (Å²) in [7, 11) is 0. The van der Waals surface area contributed by atoms with Crippen molar-refractivity contribution in [3.05, 3.63) is 59.0 Å². The van der Waals surface area contributed by atoms with Crippen LogP contribution in [0.15, 0.2) is 36.5 Å². The van der Waals surface area contributed by atoms with Crippen molar-refractivity contribution in [3.63, 3.8) is 0 Å². The number of nitrogens with zero attached hydrogens (tertiary/aromatic N) is 4. The first-order valence-corrected chi connectivity index (χ1v) is 8.06. The number of anilines is 1. The summed E-state index contributed by atoms with van der Waals surface area (Å²) in [6.45, 7) is 2.79. The Morgan fingerprint density at radius 2 is 1.81 bits per heavy atom. The summed E-state index contributed by atoms with van der Waals surface area (Å²) in [5, 5.41) is 8.92. The van der Waals surface area contributed by atoms with Crippen molar-refractivity contribution in [2.24, 2.45) is 0 Å². The van der Waals surface area contributed by atoms with Crippen LogP contribution in [0, 0.1) is 17.1 Å². The van der Waals surface area contributed by atoms with Crippen molar-refractivity contribution in [2.75, 3.05) is 31.1 Å². The molecule has 0 N–H and O–H groups in total. The van der Waals surface area contributed by atoms with Crippen LogP contribution < -0.4 is 4.90 Å². The van der Waals surface area contributed by atoms with Gasteiger partial charge in [-0.15, -0.1) is 0 Å². The monoisotopic (exact) mass is 364 g/mol. The third-order valence-corrected chi connectivity index (χ3v) is 4.34. The average molecular weight is 364 g/mol. The maximum atomic E-state index is 13.9. The largest absolute Gasteiger partial charge is 0.417 e. The van der Waals surface area contributed by atoms with Gasteiger partial charge in [0.15, 0.2) is 0 Å². The minimum Gasteiger partial charge on any atom is -0.354 e. The molecule has 3 rings (SSSR count). The number of aromatic nitrogens is 1. The van der Waals surface area contributed by atoms with Gasteiger partial charge in [-0.25, -0.2) is 9.37 Å². The molecule has 0 saturated carbocycles. The van der Waals surface area contributed by atoms with Gasteiger partial charge in [0.25, 0.3) is 0 Å². The molecule has 0 bridgehead atoms. The van der Waals surface area contributed by atoms with Crippen LogP contribution in [0.25, 0.3) is 0 Å². The van der Waals surface area contributed by atoms with Gasteiger partial charge in [-0.05, 0) is 30.3 Å². The molecule has 0 atom stereocenters. The third kappa shape index (κ3) is 4.11. The summed E-state index contributed by atoms with van der Waals surface area (Å²) in [6.07, 6.45) is -3.56. The number of hydrogen-bond acceptors (Lipinski definition) is 4. The smallest absolute Gasteiger partial charge is 0.354 e. The minimum atomic E-state index is -4.40. The van der Waals surface area contributed by atoms with Crippen molar-refractivity contribution < 1.29 is 17.6 Å². The van der Waals surface area contributed by atoms with Crippen LogP contribution >= 0.6 is 0 Å². The topological polar surface area (TPSA) is 43.2 Å². The lowest BCUT2D eigenvalue weighted by Gasteiger charge is -2.35. The van der Waals surface area contributed by atoms with Gasteiger partial charge in [-0.3, -0.25) is 4.90 Å². The summed E-state index contributed by atoms with van der Waals surface area (Å²) in [4.78, 5) is 7.85. The van der Waals surface area contributed by atoms with E-state index in [-0.39, 0.29) is 5.82 Å². The highest BCUT2D eigenvalue weighted by Crippen LogP contribution is 2.29. The first-order valence-electron chi connectivity index (χ1n) is 8.06. The van der Waals surface area contributed by atoms with Gasteiger partial charge in [0.05, 0.1) is 17.2 Å². The van der Waals surface area contributed by atoms with Gasteiger partial charge in [-0.1, -0.05) is 0 Å². The van der Waals surface area contributed by atoms with Gasteiger partial charge in [-0.2, -0.15) is 18.4 Å². The first kappa shape index (κ1) is 18.1. The quantitative estimate of drug-likeness (QED) is 0.783. The molecule has 0 amide bonds. The summed E-state index contributed by atoms with van der Waals surface area (Å²) in [5.74, 6) is 0.145. The highest BCUT2D eigenvalue weighted by atomic mass is 19.4. The number of benzene rings is 1. The Hall–Kier alpha value is -2.66. The molecule has 136 valence electrons. The lowest BCUT2D eigenvalue weighted by atomic mass is 10.1. The van der Waals surface area contributed by atoms with E-state index in [9.17, 15) is 17.6 Å². The Morgan fingerprint density at radius 3 is 2.38 bits per heavy atom. The van der Waals surface area contributed by atoms with Gasteiger partial charge in [0, 0.05) is 44.5 Å². The Labute approximate surface area is 148 Å². The average Bonchev–Trinajstić information content (AvgIpc) is 2.63. The zero-order chi connectivity index (χ0) is 18.7. The molecule has 1 saturated heterocycles. The van der Waals surface area contributed by atoms with Crippen molar-refractivity contribution in [3.8, 4) is 6.07 Å². The van der Waals surface area contributed by atoms with Crippen molar-refractivity contribution in [1.82, 2.24) is 9.88 Å². The molecule has 2 aromatic rings. The maximum Gasteiger partial charge on any atom is 0.417 e. The molecular weight excluding hydrogens is 348 g/mol. The van der Waals surface area contributed by atoms with E-state index >= 15 is 0 Å². The molecular formula is C18H16F4N4. The zero-order valence-electron chi connectivity index (χ0n) is 13.8. The third-order valence-electron chi connectivity index (χ3n) is 4.34. The fourth-order valence-electron chi connectivity index (χ4n) is 2.88. The second-order valence-electron chi connectivity index (χ2n) is 6.08.